The predicted octanol–water partition coefficient (Wildman–Crippen LogP) is 0.610. The second kappa shape index (κ2) is 5.95. The molecular formula is C16H17N3O5. The van der Waals surface area contributed by atoms with Gasteiger partial charge in [-0.1, -0.05) is 0 Å². The van der Waals surface area contributed by atoms with Crippen LogP contribution in [0.2, 0.25) is 0 Å². The van der Waals surface area contributed by atoms with Gasteiger partial charge in [-0.25, -0.2) is 9.69 Å². The topological polar surface area (TPSA) is 97.3 Å². The Morgan fingerprint density at radius 3 is 2.62 bits per heavy atom. The molecule has 1 aromatic rings. The first kappa shape index (κ1) is 16.0. The Hall–Kier alpha value is -2.90. The number of amides is 2. The second-order valence-corrected chi connectivity index (χ2v) is 5.56. The summed E-state index contributed by atoms with van der Waals surface area (Å²) >= 11 is 0. The van der Waals surface area contributed by atoms with E-state index in [-0.39, 0.29) is 24.5 Å². The van der Waals surface area contributed by atoms with Gasteiger partial charge in [-0.2, -0.15) is 5.10 Å². The Balaban J connectivity index is 1.81. The maximum atomic E-state index is 12.8. The summed E-state index contributed by atoms with van der Waals surface area (Å²) in [5.74, 6) is -0.734. The van der Waals surface area contributed by atoms with Gasteiger partial charge in [-0.05, 0) is 31.2 Å². The predicted molar refractivity (Wildman–Crippen MR) is 84.7 cm³/mol. The van der Waals surface area contributed by atoms with Gasteiger partial charge in [0.25, 0.3) is 5.91 Å². The van der Waals surface area contributed by atoms with Gasteiger partial charge in [0.05, 0.1) is 25.8 Å². The van der Waals surface area contributed by atoms with Crippen molar-refractivity contribution in [1.82, 2.24) is 5.43 Å². The molecule has 2 heterocycles. The van der Waals surface area contributed by atoms with Crippen LogP contribution in [0.4, 0.5) is 5.69 Å². The van der Waals surface area contributed by atoms with Crippen LogP contribution in [-0.4, -0.2) is 42.8 Å². The van der Waals surface area contributed by atoms with Crippen molar-refractivity contribution in [3.05, 3.63) is 24.3 Å². The summed E-state index contributed by atoms with van der Waals surface area (Å²) in [4.78, 5) is 37.8. The Bertz CT molecular complexity index is 728. The van der Waals surface area contributed by atoms with Gasteiger partial charge in [-0.3, -0.25) is 15.0 Å². The van der Waals surface area contributed by atoms with Crippen molar-refractivity contribution in [3.8, 4) is 5.75 Å². The van der Waals surface area contributed by atoms with Crippen LogP contribution in [0.25, 0.3) is 0 Å². The third-order valence-corrected chi connectivity index (χ3v) is 4.02. The van der Waals surface area contributed by atoms with E-state index in [1.165, 1.54) is 7.11 Å². The van der Waals surface area contributed by atoms with E-state index in [2.05, 4.69) is 15.3 Å². The second-order valence-electron chi connectivity index (χ2n) is 5.56. The molecule has 1 aromatic carbocycles. The van der Waals surface area contributed by atoms with Gasteiger partial charge in [0, 0.05) is 6.42 Å². The minimum absolute atomic E-state index is 0.0256. The Labute approximate surface area is 138 Å². The number of methoxy groups -OCH3 is 1. The van der Waals surface area contributed by atoms with Crippen LogP contribution in [0.5, 0.6) is 5.75 Å². The van der Waals surface area contributed by atoms with Gasteiger partial charge in [0.1, 0.15) is 17.0 Å². The van der Waals surface area contributed by atoms with E-state index in [0.29, 0.717) is 18.0 Å². The van der Waals surface area contributed by atoms with E-state index in [0.717, 1.165) is 4.90 Å². The van der Waals surface area contributed by atoms with Gasteiger partial charge >= 0.3 is 5.97 Å². The molecule has 1 atom stereocenters. The quantitative estimate of drug-likeness (QED) is 0.641. The van der Waals surface area contributed by atoms with Gasteiger partial charge in [-0.15, -0.1) is 0 Å². The summed E-state index contributed by atoms with van der Waals surface area (Å²) in [5, 5.41) is 3.87. The standard InChI is InChI=1S/C16H17N3O5/c1-3-24-11-6-4-10(5-7-11)19-13(20)9-16(15(19)22)8-12(17-18-16)14(21)23-2/h4-7,18H,3,8-9H2,1-2H3/t16-/m1/s1. The van der Waals surface area contributed by atoms with E-state index in [4.69, 9.17) is 4.74 Å². The van der Waals surface area contributed by atoms with Crippen LogP contribution < -0.4 is 15.1 Å². The Morgan fingerprint density at radius 2 is 2.00 bits per heavy atom. The smallest absolute Gasteiger partial charge is 0.354 e. The fourth-order valence-corrected chi connectivity index (χ4v) is 2.86. The lowest BCUT2D eigenvalue weighted by Crippen LogP contribution is -2.47. The van der Waals surface area contributed by atoms with E-state index >= 15 is 0 Å². The molecule has 0 bridgehead atoms. The summed E-state index contributed by atoms with van der Waals surface area (Å²) in [6.45, 7) is 2.40. The van der Waals surface area contributed by atoms with Crippen LogP contribution >= 0.6 is 0 Å². The third-order valence-electron chi connectivity index (χ3n) is 4.02. The fourth-order valence-electron chi connectivity index (χ4n) is 2.86. The lowest BCUT2D eigenvalue weighted by molar-refractivity contribution is -0.132. The van der Waals surface area contributed by atoms with E-state index in [9.17, 15) is 14.4 Å². The summed E-state index contributed by atoms with van der Waals surface area (Å²) in [6.07, 6.45) is -0.0409. The van der Waals surface area contributed by atoms with E-state index < -0.39 is 17.4 Å². The largest absolute Gasteiger partial charge is 0.494 e. The Morgan fingerprint density at radius 1 is 1.29 bits per heavy atom. The van der Waals surface area contributed by atoms with Crippen molar-refractivity contribution in [2.24, 2.45) is 5.10 Å². The summed E-state index contributed by atoms with van der Waals surface area (Å²) in [6, 6.07) is 6.69. The molecule has 1 fully saturated rings. The number of hydrogen-bond acceptors (Lipinski definition) is 7. The number of carbonyl (C=O) groups is 3. The van der Waals surface area contributed by atoms with Crippen LogP contribution in [0.15, 0.2) is 29.4 Å². The lowest BCUT2D eigenvalue weighted by Gasteiger charge is -2.21. The molecule has 8 heteroatoms. The molecule has 2 aliphatic heterocycles. The zero-order valence-electron chi connectivity index (χ0n) is 13.4. The molecular weight excluding hydrogens is 314 g/mol. The zero-order valence-corrected chi connectivity index (χ0v) is 13.4. The molecule has 1 saturated heterocycles. The molecule has 2 aliphatic rings. The molecule has 2 amide bonds. The molecule has 3 rings (SSSR count). The molecule has 1 N–H and O–H groups in total. The average Bonchev–Trinajstić information content (AvgIpc) is 3.11. The van der Waals surface area contributed by atoms with Crippen molar-refractivity contribution in [2.45, 2.75) is 25.3 Å². The summed E-state index contributed by atoms with van der Waals surface area (Å²) < 4.78 is 9.97. The average molecular weight is 331 g/mol. The highest BCUT2D eigenvalue weighted by Crippen LogP contribution is 2.35. The van der Waals surface area contributed by atoms with Crippen molar-refractivity contribution in [2.75, 3.05) is 18.6 Å². The van der Waals surface area contributed by atoms with Crippen molar-refractivity contribution >= 4 is 29.2 Å². The third kappa shape index (κ3) is 2.49. The van der Waals surface area contributed by atoms with Crippen LogP contribution in [0.3, 0.4) is 0 Å². The molecule has 0 unspecified atom stereocenters. The number of carbonyl (C=O) groups excluding carboxylic acids is 3. The molecule has 0 radical (unpaired) electrons. The van der Waals surface area contributed by atoms with Gasteiger partial charge in [0.2, 0.25) is 5.91 Å². The minimum Gasteiger partial charge on any atom is -0.494 e. The van der Waals surface area contributed by atoms with Crippen molar-refractivity contribution < 1.29 is 23.9 Å². The van der Waals surface area contributed by atoms with E-state index in [1.807, 2.05) is 6.92 Å². The highest BCUT2D eigenvalue weighted by atomic mass is 16.5. The van der Waals surface area contributed by atoms with Crippen molar-refractivity contribution in [3.63, 3.8) is 0 Å². The lowest BCUT2D eigenvalue weighted by atomic mass is 9.93. The first-order valence-electron chi connectivity index (χ1n) is 7.53. The van der Waals surface area contributed by atoms with Gasteiger partial charge < -0.3 is 9.47 Å². The molecule has 1 spiro atoms. The van der Waals surface area contributed by atoms with Gasteiger partial charge in [0.15, 0.2) is 0 Å². The summed E-state index contributed by atoms with van der Waals surface area (Å²) in [7, 11) is 1.24. The molecule has 0 aliphatic carbocycles. The maximum Gasteiger partial charge on any atom is 0.354 e. The number of hydrogen-bond donors (Lipinski definition) is 1. The first-order chi connectivity index (χ1) is 11.5. The number of imide groups is 1. The first-order valence-corrected chi connectivity index (χ1v) is 7.53. The summed E-state index contributed by atoms with van der Waals surface area (Å²) in [5.41, 5.74) is 2.01. The molecule has 8 nitrogen and oxygen atoms in total. The fraction of sp³-hybridized carbons (Fsp3) is 0.375. The molecule has 0 aromatic heterocycles. The zero-order chi connectivity index (χ0) is 17.3. The number of esters is 1. The number of anilines is 1. The number of benzene rings is 1. The minimum atomic E-state index is -1.21. The number of rotatable bonds is 4. The van der Waals surface area contributed by atoms with Crippen molar-refractivity contribution in [1.29, 1.82) is 0 Å². The molecule has 126 valence electrons. The van der Waals surface area contributed by atoms with Crippen LogP contribution in [0.1, 0.15) is 19.8 Å². The highest BCUT2D eigenvalue weighted by molar-refractivity contribution is 6.39. The highest BCUT2D eigenvalue weighted by Gasteiger charge is 2.56. The number of nitrogens with zero attached hydrogens (tertiary/aromatic N) is 2. The number of nitrogens with one attached hydrogen (secondary N) is 1. The van der Waals surface area contributed by atoms with E-state index in [1.54, 1.807) is 24.3 Å². The molecule has 24 heavy (non-hydrogen) atoms. The SMILES string of the molecule is CCOc1ccc(N2C(=O)C[C@]3(CC(C(=O)OC)=NN3)C2=O)cc1. The normalized spacial score (nSPS) is 22.6. The van der Waals surface area contributed by atoms with Crippen LogP contribution in [0, 0.1) is 0 Å². The Kier molecular flexibility index (Phi) is 3.96. The maximum absolute atomic E-state index is 12.8. The molecule has 0 saturated carbocycles. The monoisotopic (exact) mass is 331 g/mol. The van der Waals surface area contributed by atoms with Crippen LogP contribution in [-0.2, 0) is 19.1 Å². The number of hydrazone groups is 1. The number of ether oxygens (including phenoxy) is 2.